The first kappa shape index (κ1) is 12.3. The molecule has 3 heteroatoms. The van der Waals surface area contributed by atoms with Gasteiger partial charge in [0.05, 0.1) is 12.7 Å². The number of nitrogens with zero attached hydrogens (tertiary/aromatic N) is 1. The Balaban J connectivity index is 1.63. The molecule has 2 rings (SSSR count). The fraction of sp³-hybridized carbons (Fsp3) is 1.00. The van der Waals surface area contributed by atoms with Gasteiger partial charge < -0.3 is 15.0 Å². The molecule has 3 nitrogen and oxygen atoms in total. The van der Waals surface area contributed by atoms with Gasteiger partial charge in [-0.3, -0.25) is 0 Å². The first-order valence-electron chi connectivity index (χ1n) is 6.81. The van der Waals surface area contributed by atoms with E-state index in [1.54, 1.807) is 0 Å². The lowest BCUT2D eigenvalue weighted by molar-refractivity contribution is -0.0194. The number of morpholine rings is 1. The first-order chi connectivity index (χ1) is 7.78. The van der Waals surface area contributed by atoms with Gasteiger partial charge in [0.25, 0.3) is 0 Å². The van der Waals surface area contributed by atoms with Crippen molar-refractivity contribution in [3.05, 3.63) is 0 Å². The predicted octanol–water partition coefficient (Wildman–Crippen LogP) is 1.49. The van der Waals surface area contributed by atoms with Crippen molar-refractivity contribution in [1.29, 1.82) is 0 Å². The zero-order valence-electron chi connectivity index (χ0n) is 10.7. The highest BCUT2D eigenvalue weighted by Crippen LogP contribution is 2.33. The summed E-state index contributed by atoms with van der Waals surface area (Å²) in [5, 5.41) is 3.68. The molecule has 0 amide bonds. The van der Waals surface area contributed by atoms with E-state index in [2.05, 4.69) is 24.2 Å². The summed E-state index contributed by atoms with van der Waals surface area (Å²) >= 11 is 0. The van der Waals surface area contributed by atoms with Crippen LogP contribution in [0.4, 0.5) is 0 Å². The lowest BCUT2D eigenvalue weighted by atomic mass is 10.1. The van der Waals surface area contributed by atoms with E-state index in [1.165, 1.54) is 25.7 Å². The molecular weight excluding hydrogens is 200 g/mol. The van der Waals surface area contributed by atoms with E-state index in [9.17, 15) is 0 Å². The van der Waals surface area contributed by atoms with Crippen LogP contribution >= 0.6 is 0 Å². The summed E-state index contributed by atoms with van der Waals surface area (Å²) in [7, 11) is 2.18. The number of hydrogen-bond donors (Lipinski definition) is 1. The molecule has 2 unspecified atom stereocenters. The molecule has 1 aliphatic heterocycles. The Kier molecular flexibility index (Phi) is 4.62. The Bertz CT molecular complexity index is 202. The van der Waals surface area contributed by atoms with E-state index in [1.807, 2.05) is 0 Å². The molecule has 0 aromatic carbocycles. The molecule has 94 valence electrons. The third kappa shape index (κ3) is 4.04. The van der Waals surface area contributed by atoms with Crippen molar-refractivity contribution < 1.29 is 4.74 Å². The molecule has 1 N–H and O–H groups in total. The minimum absolute atomic E-state index is 0.395. The Labute approximate surface area is 99.5 Å². The second-order valence-corrected chi connectivity index (χ2v) is 5.45. The highest BCUT2D eigenvalue weighted by atomic mass is 16.5. The molecule has 0 spiro atoms. The summed E-state index contributed by atoms with van der Waals surface area (Å²) in [6.07, 6.45) is 5.94. The average Bonchev–Trinajstić information content (AvgIpc) is 3.08. The van der Waals surface area contributed by atoms with Gasteiger partial charge in [0.1, 0.15) is 0 Å². The highest BCUT2D eigenvalue weighted by molar-refractivity contribution is 4.81. The van der Waals surface area contributed by atoms with E-state index < -0.39 is 0 Å². The Hall–Kier alpha value is -0.120. The van der Waals surface area contributed by atoms with Gasteiger partial charge >= 0.3 is 0 Å². The van der Waals surface area contributed by atoms with Gasteiger partial charge in [-0.1, -0.05) is 19.8 Å². The standard InChI is InChI=1S/C13H26N2O/c1-3-12(8-11-4-5-11)14-9-13-10-15(2)6-7-16-13/h11-14H,3-10H2,1-2H3. The quantitative estimate of drug-likeness (QED) is 0.742. The molecule has 0 aromatic rings. The van der Waals surface area contributed by atoms with Crippen molar-refractivity contribution in [1.82, 2.24) is 10.2 Å². The fourth-order valence-corrected chi connectivity index (χ4v) is 2.44. The molecule has 2 atom stereocenters. The van der Waals surface area contributed by atoms with Crippen LogP contribution in [0.3, 0.4) is 0 Å². The molecular formula is C13H26N2O. The van der Waals surface area contributed by atoms with Gasteiger partial charge in [-0.05, 0) is 25.8 Å². The summed E-state index contributed by atoms with van der Waals surface area (Å²) in [4.78, 5) is 2.36. The van der Waals surface area contributed by atoms with Crippen LogP contribution in [0.1, 0.15) is 32.6 Å². The summed E-state index contributed by atoms with van der Waals surface area (Å²) in [5.74, 6) is 1.02. The van der Waals surface area contributed by atoms with Crippen LogP contribution in [-0.2, 0) is 4.74 Å². The third-order valence-electron chi connectivity index (χ3n) is 3.78. The minimum atomic E-state index is 0.395. The van der Waals surface area contributed by atoms with E-state index in [0.717, 1.165) is 32.2 Å². The maximum absolute atomic E-state index is 5.76. The molecule has 0 radical (unpaired) electrons. The lowest BCUT2D eigenvalue weighted by Gasteiger charge is -2.31. The Morgan fingerprint density at radius 2 is 2.25 bits per heavy atom. The highest BCUT2D eigenvalue weighted by Gasteiger charge is 2.25. The summed E-state index contributed by atoms with van der Waals surface area (Å²) in [6.45, 7) is 6.36. The molecule has 2 fully saturated rings. The number of likely N-dealkylation sites (N-methyl/N-ethyl adjacent to an activating group) is 1. The molecule has 1 saturated carbocycles. The molecule has 16 heavy (non-hydrogen) atoms. The van der Waals surface area contributed by atoms with Crippen molar-refractivity contribution in [2.24, 2.45) is 5.92 Å². The van der Waals surface area contributed by atoms with E-state index in [4.69, 9.17) is 4.74 Å². The average molecular weight is 226 g/mol. The normalized spacial score (nSPS) is 29.2. The van der Waals surface area contributed by atoms with Crippen molar-refractivity contribution in [2.45, 2.75) is 44.8 Å². The zero-order valence-corrected chi connectivity index (χ0v) is 10.7. The third-order valence-corrected chi connectivity index (χ3v) is 3.78. The van der Waals surface area contributed by atoms with Crippen molar-refractivity contribution >= 4 is 0 Å². The van der Waals surface area contributed by atoms with Crippen molar-refractivity contribution in [3.8, 4) is 0 Å². The molecule has 1 aliphatic carbocycles. The van der Waals surface area contributed by atoms with Crippen molar-refractivity contribution in [2.75, 3.05) is 33.3 Å². The molecule has 1 saturated heterocycles. The van der Waals surface area contributed by atoms with Gasteiger partial charge in [0, 0.05) is 25.7 Å². The van der Waals surface area contributed by atoms with Gasteiger partial charge in [0.15, 0.2) is 0 Å². The minimum Gasteiger partial charge on any atom is -0.374 e. The monoisotopic (exact) mass is 226 g/mol. The Morgan fingerprint density at radius 1 is 1.44 bits per heavy atom. The maximum Gasteiger partial charge on any atom is 0.0826 e. The summed E-state index contributed by atoms with van der Waals surface area (Å²) in [5.41, 5.74) is 0. The van der Waals surface area contributed by atoms with Gasteiger partial charge in [-0.15, -0.1) is 0 Å². The maximum atomic E-state index is 5.76. The second kappa shape index (κ2) is 5.99. The van der Waals surface area contributed by atoms with Crippen LogP contribution in [0.5, 0.6) is 0 Å². The Morgan fingerprint density at radius 3 is 2.88 bits per heavy atom. The summed E-state index contributed by atoms with van der Waals surface area (Å²) in [6, 6.07) is 0.711. The lowest BCUT2D eigenvalue weighted by Crippen LogP contribution is -2.46. The van der Waals surface area contributed by atoms with E-state index in [0.29, 0.717) is 12.1 Å². The van der Waals surface area contributed by atoms with Gasteiger partial charge in [0.2, 0.25) is 0 Å². The van der Waals surface area contributed by atoms with E-state index in [-0.39, 0.29) is 0 Å². The van der Waals surface area contributed by atoms with Crippen LogP contribution in [0, 0.1) is 5.92 Å². The largest absolute Gasteiger partial charge is 0.374 e. The SMILES string of the molecule is CCC(CC1CC1)NCC1CN(C)CCO1. The smallest absolute Gasteiger partial charge is 0.0826 e. The molecule has 0 bridgehead atoms. The second-order valence-electron chi connectivity index (χ2n) is 5.45. The number of ether oxygens (including phenoxy) is 1. The zero-order chi connectivity index (χ0) is 11.4. The summed E-state index contributed by atoms with van der Waals surface area (Å²) < 4.78 is 5.76. The topological polar surface area (TPSA) is 24.5 Å². The fourth-order valence-electron chi connectivity index (χ4n) is 2.44. The molecule has 1 heterocycles. The number of hydrogen-bond acceptors (Lipinski definition) is 3. The van der Waals surface area contributed by atoms with Crippen molar-refractivity contribution in [3.63, 3.8) is 0 Å². The molecule has 2 aliphatic rings. The predicted molar refractivity (Wildman–Crippen MR) is 66.7 cm³/mol. The van der Waals surface area contributed by atoms with Crippen LogP contribution in [0.2, 0.25) is 0 Å². The van der Waals surface area contributed by atoms with Crippen LogP contribution in [0.25, 0.3) is 0 Å². The van der Waals surface area contributed by atoms with Crippen LogP contribution in [-0.4, -0.2) is 50.3 Å². The van der Waals surface area contributed by atoms with Gasteiger partial charge in [-0.25, -0.2) is 0 Å². The first-order valence-corrected chi connectivity index (χ1v) is 6.81. The number of rotatable bonds is 6. The van der Waals surface area contributed by atoms with Crippen LogP contribution < -0.4 is 5.32 Å². The van der Waals surface area contributed by atoms with E-state index >= 15 is 0 Å². The van der Waals surface area contributed by atoms with Crippen LogP contribution in [0.15, 0.2) is 0 Å². The molecule has 0 aromatic heterocycles. The number of nitrogens with one attached hydrogen (secondary N) is 1. The van der Waals surface area contributed by atoms with Gasteiger partial charge in [-0.2, -0.15) is 0 Å².